The number of methoxy groups -OCH3 is 2. The van der Waals surface area contributed by atoms with Crippen LogP contribution in [0.5, 0.6) is 0 Å². The molecular formula is C11H17NO4S. The van der Waals surface area contributed by atoms with Crippen molar-refractivity contribution in [3.05, 3.63) is 15.6 Å². The van der Waals surface area contributed by atoms with Gasteiger partial charge in [-0.05, 0) is 13.3 Å². The van der Waals surface area contributed by atoms with E-state index < -0.39 is 11.6 Å². The summed E-state index contributed by atoms with van der Waals surface area (Å²) in [7, 11) is 3.11. The van der Waals surface area contributed by atoms with Gasteiger partial charge in [-0.25, -0.2) is 9.78 Å². The Morgan fingerprint density at radius 3 is 2.59 bits per heavy atom. The molecule has 1 aromatic heterocycles. The van der Waals surface area contributed by atoms with E-state index in [1.54, 1.807) is 7.11 Å². The van der Waals surface area contributed by atoms with E-state index in [1.165, 1.54) is 7.11 Å². The Labute approximate surface area is 104 Å². The SMILES string of the molecule is CCC(C)(OC)c1nc(COC)c(C(=O)O)s1. The van der Waals surface area contributed by atoms with Gasteiger partial charge in [0.2, 0.25) is 0 Å². The van der Waals surface area contributed by atoms with Gasteiger partial charge in [-0.3, -0.25) is 0 Å². The first kappa shape index (κ1) is 14.1. The molecule has 1 atom stereocenters. The molecule has 0 fully saturated rings. The van der Waals surface area contributed by atoms with Crippen molar-refractivity contribution in [2.45, 2.75) is 32.5 Å². The number of carbonyl (C=O) groups is 1. The molecule has 0 saturated carbocycles. The zero-order valence-corrected chi connectivity index (χ0v) is 11.3. The molecule has 6 heteroatoms. The lowest BCUT2D eigenvalue weighted by Gasteiger charge is -2.23. The van der Waals surface area contributed by atoms with Gasteiger partial charge in [0.05, 0.1) is 12.3 Å². The van der Waals surface area contributed by atoms with Gasteiger partial charge < -0.3 is 14.6 Å². The average molecular weight is 259 g/mol. The van der Waals surface area contributed by atoms with E-state index in [0.29, 0.717) is 10.7 Å². The average Bonchev–Trinajstić information content (AvgIpc) is 2.73. The molecule has 0 radical (unpaired) electrons. The lowest BCUT2D eigenvalue weighted by atomic mass is 10.1. The van der Waals surface area contributed by atoms with Crippen LogP contribution >= 0.6 is 11.3 Å². The largest absolute Gasteiger partial charge is 0.477 e. The van der Waals surface area contributed by atoms with Gasteiger partial charge in [0.15, 0.2) is 0 Å². The summed E-state index contributed by atoms with van der Waals surface area (Å²) in [5.74, 6) is -0.977. The highest BCUT2D eigenvalue weighted by Crippen LogP contribution is 2.33. The lowest BCUT2D eigenvalue weighted by molar-refractivity contribution is -0.00183. The molecular weight excluding hydrogens is 242 g/mol. The van der Waals surface area contributed by atoms with E-state index in [2.05, 4.69) is 4.98 Å². The first-order valence-corrected chi connectivity index (χ1v) is 6.07. The van der Waals surface area contributed by atoms with Crippen molar-refractivity contribution < 1.29 is 19.4 Å². The van der Waals surface area contributed by atoms with Crippen LogP contribution in [0.1, 0.15) is 40.6 Å². The molecule has 1 rings (SSSR count). The Kier molecular flexibility index (Phi) is 4.62. The Morgan fingerprint density at radius 2 is 2.18 bits per heavy atom. The van der Waals surface area contributed by atoms with Crippen molar-refractivity contribution in [2.24, 2.45) is 0 Å². The minimum absolute atomic E-state index is 0.196. The van der Waals surface area contributed by atoms with Crippen molar-refractivity contribution in [1.29, 1.82) is 0 Å². The number of thiazole rings is 1. The Morgan fingerprint density at radius 1 is 1.53 bits per heavy atom. The fourth-order valence-electron chi connectivity index (χ4n) is 1.36. The number of carboxylic acids is 1. The van der Waals surface area contributed by atoms with Crippen LogP contribution in [-0.4, -0.2) is 30.3 Å². The third-order valence-electron chi connectivity index (χ3n) is 2.75. The van der Waals surface area contributed by atoms with Crippen LogP contribution in [0.25, 0.3) is 0 Å². The van der Waals surface area contributed by atoms with Crippen molar-refractivity contribution in [2.75, 3.05) is 14.2 Å². The molecule has 96 valence electrons. The molecule has 17 heavy (non-hydrogen) atoms. The molecule has 0 saturated heterocycles. The first-order chi connectivity index (χ1) is 7.98. The first-order valence-electron chi connectivity index (χ1n) is 5.26. The third kappa shape index (κ3) is 2.83. The van der Waals surface area contributed by atoms with Crippen LogP contribution in [-0.2, 0) is 21.7 Å². The summed E-state index contributed by atoms with van der Waals surface area (Å²) in [5, 5.41) is 9.76. The van der Waals surface area contributed by atoms with Gasteiger partial charge >= 0.3 is 5.97 Å². The second-order valence-electron chi connectivity index (χ2n) is 3.82. The standard InChI is InChI=1S/C11H17NO4S/c1-5-11(2,16-4)10-12-7(6-15-3)8(17-10)9(13)14/h5-6H2,1-4H3,(H,13,14). The molecule has 1 unspecified atom stereocenters. The molecule has 1 heterocycles. The zero-order chi connectivity index (χ0) is 13.1. The van der Waals surface area contributed by atoms with Crippen molar-refractivity contribution in [3.8, 4) is 0 Å². The topological polar surface area (TPSA) is 68.7 Å². The van der Waals surface area contributed by atoms with E-state index in [-0.39, 0.29) is 11.5 Å². The molecule has 0 aliphatic heterocycles. The fourth-order valence-corrected chi connectivity index (χ4v) is 2.46. The summed E-state index contributed by atoms with van der Waals surface area (Å²) in [6.07, 6.45) is 0.725. The van der Waals surface area contributed by atoms with Gasteiger partial charge in [0.1, 0.15) is 15.5 Å². The number of carboxylic acid groups (broad SMARTS) is 1. The molecule has 1 aromatic rings. The van der Waals surface area contributed by atoms with Gasteiger partial charge in [-0.2, -0.15) is 0 Å². The second-order valence-corrected chi connectivity index (χ2v) is 4.82. The van der Waals surface area contributed by atoms with Crippen molar-refractivity contribution in [3.63, 3.8) is 0 Å². The maximum atomic E-state index is 11.1. The number of rotatable bonds is 6. The molecule has 0 aliphatic rings. The smallest absolute Gasteiger partial charge is 0.347 e. The Bertz CT molecular complexity index is 398. The van der Waals surface area contributed by atoms with E-state index in [9.17, 15) is 4.79 Å². The highest BCUT2D eigenvalue weighted by atomic mass is 32.1. The Balaban J connectivity index is 3.19. The maximum absolute atomic E-state index is 11.1. The molecule has 0 spiro atoms. The summed E-state index contributed by atoms with van der Waals surface area (Å²) in [6, 6.07) is 0. The highest BCUT2D eigenvalue weighted by molar-refractivity contribution is 7.13. The third-order valence-corrected chi connectivity index (χ3v) is 4.08. The number of aromatic carboxylic acids is 1. The van der Waals surface area contributed by atoms with Crippen LogP contribution in [0.3, 0.4) is 0 Å². The van der Waals surface area contributed by atoms with Crippen molar-refractivity contribution in [1.82, 2.24) is 4.98 Å². The monoisotopic (exact) mass is 259 g/mol. The minimum Gasteiger partial charge on any atom is -0.477 e. The molecule has 1 N–H and O–H groups in total. The van der Waals surface area contributed by atoms with Crippen LogP contribution < -0.4 is 0 Å². The van der Waals surface area contributed by atoms with Crippen LogP contribution in [0.2, 0.25) is 0 Å². The highest BCUT2D eigenvalue weighted by Gasteiger charge is 2.30. The predicted octanol–water partition coefficient (Wildman–Crippen LogP) is 2.26. The summed E-state index contributed by atoms with van der Waals surface area (Å²) >= 11 is 1.15. The van der Waals surface area contributed by atoms with Gasteiger partial charge in [0, 0.05) is 14.2 Å². The van der Waals surface area contributed by atoms with E-state index in [0.717, 1.165) is 17.8 Å². The number of ether oxygens (including phenoxy) is 2. The predicted molar refractivity (Wildman–Crippen MR) is 64.4 cm³/mol. The molecule has 0 bridgehead atoms. The summed E-state index contributed by atoms with van der Waals surface area (Å²) in [5.41, 5.74) is -0.0855. The summed E-state index contributed by atoms with van der Waals surface area (Å²) in [6.45, 7) is 4.07. The lowest BCUT2D eigenvalue weighted by Crippen LogP contribution is -2.22. The van der Waals surface area contributed by atoms with Crippen LogP contribution in [0, 0.1) is 0 Å². The number of aromatic nitrogens is 1. The maximum Gasteiger partial charge on any atom is 0.347 e. The quantitative estimate of drug-likeness (QED) is 0.848. The van der Waals surface area contributed by atoms with Crippen LogP contribution in [0.15, 0.2) is 0 Å². The second kappa shape index (κ2) is 5.57. The van der Waals surface area contributed by atoms with Gasteiger partial charge in [-0.15, -0.1) is 11.3 Å². The number of hydrogen-bond acceptors (Lipinski definition) is 5. The number of nitrogens with zero attached hydrogens (tertiary/aromatic N) is 1. The van der Waals surface area contributed by atoms with Crippen molar-refractivity contribution >= 4 is 17.3 Å². The molecule has 0 aliphatic carbocycles. The minimum atomic E-state index is -0.977. The molecule has 5 nitrogen and oxygen atoms in total. The molecule has 0 amide bonds. The van der Waals surface area contributed by atoms with E-state index >= 15 is 0 Å². The summed E-state index contributed by atoms with van der Waals surface area (Å²) in [4.78, 5) is 15.6. The van der Waals surface area contributed by atoms with Gasteiger partial charge in [0.25, 0.3) is 0 Å². The summed E-state index contributed by atoms with van der Waals surface area (Å²) < 4.78 is 10.4. The Hall–Kier alpha value is -0.980. The van der Waals surface area contributed by atoms with Crippen LogP contribution in [0.4, 0.5) is 0 Å². The zero-order valence-electron chi connectivity index (χ0n) is 10.4. The normalized spacial score (nSPS) is 14.6. The molecule has 0 aromatic carbocycles. The van der Waals surface area contributed by atoms with E-state index in [1.807, 2.05) is 13.8 Å². The van der Waals surface area contributed by atoms with Gasteiger partial charge in [-0.1, -0.05) is 6.92 Å². The fraction of sp³-hybridized carbons (Fsp3) is 0.636. The van der Waals surface area contributed by atoms with E-state index in [4.69, 9.17) is 14.6 Å². The number of hydrogen-bond donors (Lipinski definition) is 1.